The fraction of sp³-hybridized carbons (Fsp3) is 0.333. The molecule has 2 rings (SSSR count). The van der Waals surface area contributed by atoms with Crippen molar-refractivity contribution in [1.29, 1.82) is 5.26 Å². The standard InChI is InChI=1S/C15H18N6O/c1-3-12(7-8-16)18-15(22)19-14-10-11(2)20-21(14)13-6-4-5-9-17-13/h4-6,9-10,12H,3,7H2,1-2H3,(H2,18,19,22). The van der Waals surface area contributed by atoms with Crippen LogP contribution < -0.4 is 10.6 Å². The van der Waals surface area contributed by atoms with Crippen molar-refractivity contribution in [1.82, 2.24) is 20.1 Å². The largest absolute Gasteiger partial charge is 0.334 e. The number of pyridine rings is 1. The van der Waals surface area contributed by atoms with E-state index in [9.17, 15) is 4.79 Å². The Bertz CT molecular complexity index is 673. The zero-order valence-corrected chi connectivity index (χ0v) is 12.6. The van der Waals surface area contributed by atoms with Crippen LogP contribution in [0.3, 0.4) is 0 Å². The van der Waals surface area contributed by atoms with E-state index in [1.54, 1.807) is 23.0 Å². The topological polar surface area (TPSA) is 95.6 Å². The highest BCUT2D eigenvalue weighted by atomic mass is 16.2. The summed E-state index contributed by atoms with van der Waals surface area (Å²) in [5, 5.41) is 18.6. The first-order chi connectivity index (χ1) is 10.6. The lowest BCUT2D eigenvalue weighted by Gasteiger charge is -2.14. The molecule has 0 fully saturated rings. The van der Waals surface area contributed by atoms with E-state index in [1.807, 2.05) is 26.0 Å². The number of nitrogens with one attached hydrogen (secondary N) is 2. The molecule has 2 heterocycles. The molecule has 0 bridgehead atoms. The van der Waals surface area contributed by atoms with E-state index in [0.717, 1.165) is 5.69 Å². The molecule has 2 aromatic heterocycles. The lowest BCUT2D eigenvalue weighted by molar-refractivity contribution is 0.248. The highest BCUT2D eigenvalue weighted by molar-refractivity contribution is 5.88. The van der Waals surface area contributed by atoms with E-state index >= 15 is 0 Å². The smallest absolute Gasteiger partial charge is 0.320 e. The minimum Gasteiger partial charge on any atom is -0.334 e. The Morgan fingerprint density at radius 1 is 1.50 bits per heavy atom. The molecule has 22 heavy (non-hydrogen) atoms. The van der Waals surface area contributed by atoms with Crippen LogP contribution in [0.2, 0.25) is 0 Å². The SMILES string of the molecule is CCC(CC#N)NC(=O)Nc1cc(C)nn1-c1ccccn1. The van der Waals surface area contributed by atoms with Gasteiger partial charge in [-0.15, -0.1) is 0 Å². The minimum absolute atomic E-state index is 0.169. The van der Waals surface area contributed by atoms with Crippen molar-refractivity contribution in [3.05, 3.63) is 36.2 Å². The molecule has 0 aliphatic carbocycles. The highest BCUT2D eigenvalue weighted by Gasteiger charge is 2.14. The molecule has 1 unspecified atom stereocenters. The Labute approximate surface area is 129 Å². The summed E-state index contributed by atoms with van der Waals surface area (Å²) in [5.41, 5.74) is 0.769. The maximum Gasteiger partial charge on any atom is 0.320 e. The Morgan fingerprint density at radius 3 is 2.95 bits per heavy atom. The molecular weight excluding hydrogens is 280 g/mol. The van der Waals surface area contributed by atoms with Crippen molar-refractivity contribution in [3.8, 4) is 11.9 Å². The number of hydrogen-bond donors (Lipinski definition) is 2. The Hall–Kier alpha value is -2.88. The molecule has 1 atom stereocenters. The number of aromatic nitrogens is 3. The molecule has 0 aliphatic heterocycles. The average Bonchev–Trinajstić information content (AvgIpc) is 2.88. The number of nitrogens with zero attached hydrogens (tertiary/aromatic N) is 4. The molecule has 0 spiro atoms. The van der Waals surface area contributed by atoms with Gasteiger partial charge in [0.2, 0.25) is 0 Å². The van der Waals surface area contributed by atoms with Gasteiger partial charge in [-0.3, -0.25) is 5.32 Å². The van der Waals surface area contributed by atoms with Gasteiger partial charge in [-0.25, -0.2) is 9.78 Å². The van der Waals surface area contributed by atoms with E-state index in [0.29, 0.717) is 18.1 Å². The summed E-state index contributed by atoms with van der Waals surface area (Å²) in [6.07, 6.45) is 2.64. The maximum atomic E-state index is 12.1. The molecule has 7 heteroatoms. The van der Waals surface area contributed by atoms with E-state index in [1.165, 1.54) is 0 Å². The summed E-state index contributed by atoms with van der Waals surface area (Å²) >= 11 is 0. The molecule has 114 valence electrons. The molecule has 0 radical (unpaired) electrons. The van der Waals surface area contributed by atoms with Crippen LogP contribution >= 0.6 is 0 Å². The number of carbonyl (C=O) groups excluding carboxylic acids is 1. The summed E-state index contributed by atoms with van der Waals surface area (Å²) in [6.45, 7) is 3.76. The number of hydrogen-bond acceptors (Lipinski definition) is 4. The van der Waals surface area contributed by atoms with E-state index in [-0.39, 0.29) is 18.5 Å². The molecule has 2 N–H and O–H groups in total. The van der Waals surface area contributed by atoms with Crippen molar-refractivity contribution in [3.63, 3.8) is 0 Å². The van der Waals surface area contributed by atoms with E-state index < -0.39 is 0 Å². The first kappa shape index (κ1) is 15.5. The normalized spacial score (nSPS) is 11.5. The van der Waals surface area contributed by atoms with Crippen LogP contribution in [0.1, 0.15) is 25.5 Å². The van der Waals surface area contributed by atoms with Crippen LogP contribution in [0.15, 0.2) is 30.5 Å². The maximum absolute atomic E-state index is 12.1. The van der Waals surface area contributed by atoms with Gasteiger partial charge >= 0.3 is 6.03 Å². The van der Waals surface area contributed by atoms with Crippen LogP contribution in [-0.2, 0) is 0 Å². The predicted molar refractivity (Wildman–Crippen MR) is 82.6 cm³/mol. The number of nitriles is 1. The van der Waals surface area contributed by atoms with Gasteiger partial charge < -0.3 is 5.32 Å². The fourth-order valence-electron chi connectivity index (χ4n) is 1.99. The lowest BCUT2D eigenvalue weighted by Crippen LogP contribution is -2.37. The summed E-state index contributed by atoms with van der Waals surface area (Å²) < 4.78 is 1.57. The Kier molecular flexibility index (Phi) is 5.09. The van der Waals surface area contributed by atoms with Gasteiger partial charge in [-0.2, -0.15) is 15.0 Å². The summed E-state index contributed by atoms with van der Waals surface area (Å²) in [6, 6.07) is 8.76. The Balaban J connectivity index is 2.13. The number of urea groups is 1. The van der Waals surface area contributed by atoms with Crippen LogP contribution in [0.5, 0.6) is 0 Å². The van der Waals surface area contributed by atoms with Gasteiger partial charge in [0.1, 0.15) is 5.82 Å². The van der Waals surface area contributed by atoms with Gasteiger partial charge in [0, 0.05) is 18.3 Å². The Morgan fingerprint density at radius 2 is 2.32 bits per heavy atom. The van der Waals surface area contributed by atoms with Crippen LogP contribution in [0.25, 0.3) is 5.82 Å². The molecule has 0 aliphatic rings. The second kappa shape index (κ2) is 7.22. The highest BCUT2D eigenvalue weighted by Crippen LogP contribution is 2.15. The van der Waals surface area contributed by atoms with Crippen LogP contribution in [0.4, 0.5) is 10.6 Å². The van der Waals surface area contributed by atoms with Gasteiger partial charge in [-0.05, 0) is 25.5 Å². The number of anilines is 1. The van der Waals surface area contributed by atoms with Crippen LogP contribution in [-0.4, -0.2) is 26.8 Å². The molecule has 0 saturated carbocycles. The number of rotatable bonds is 5. The molecular formula is C15H18N6O. The lowest BCUT2D eigenvalue weighted by atomic mass is 10.2. The fourth-order valence-corrected chi connectivity index (χ4v) is 1.99. The molecule has 0 saturated heterocycles. The van der Waals surface area contributed by atoms with Crippen LogP contribution in [0, 0.1) is 18.3 Å². The zero-order chi connectivity index (χ0) is 15.9. The number of amides is 2. The van der Waals surface area contributed by atoms with Gasteiger partial charge in [0.25, 0.3) is 0 Å². The second-order valence-electron chi connectivity index (χ2n) is 4.84. The zero-order valence-electron chi connectivity index (χ0n) is 12.6. The summed E-state index contributed by atoms with van der Waals surface area (Å²) in [5.74, 6) is 1.15. The van der Waals surface area contributed by atoms with Gasteiger partial charge in [0.15, 0.2) is 5.82 Å². The minimum atomic E-state index is -0.362. The van der Waals surface area contributed by atoms with Crippen molar-refractivity contribution in [2.24, 2.45) is 0 Å². The quantitative estimate of drug-likeness (QED) is 0.885. The third-order valence-electron chi connectivity index (χ3n) is 3.11. The third kappa shape index (κ3) is 3.82. The number of aryl methyl sites for hydroxylation is 1. The average molecular weight is 298 g/mol. The first-order valence-corrected chi connectivity index (χ1v) is 7.06. The molecule has 7 nitrogen and oxygen atoms in total. The molecule has 2 amide bonds. The molecule has 0 aromatic carbocycles. The van der Waals surface area contributed by atoms with Crippen molar-refractivity contribution in [2.75, 3.05) is 5.32 Å². The third-order valence-corrected chi connectivity index (χ3v) is 3.11. The second-order valence-corrected chi connectivity index (χ2v) is 4.84. The van der Waals surface area contributed by atoms with Crippen molar-refractivity contribution < 1.29 is 4.79 Å². The summed E-state index contributed by atoms with van der Waals surface area (Å²) in [4.78, 5) is 16.3. The van der Waals surface area contributed by atoms with Gasteiger partial charge in [-0.1, -0.05) is 13.0 Å². The monoisotopic (exact) mass is 298 g/mol. The number of carbonyl (C=O) groups is 1. The van der Waals surface area contributed by atoms with Gasteiger partial charge in [0.05, 0.1) is 18.2 Å². The predicted octanol–water partition coefficient (Wildman–Crippen LogP) is 2.39. The first-order valence-electron chi connectivity index (χ1n) is 7.06. The molecule has 2 aromatic rings. The van der Waals surface area contributed by atoms with Crippen molar-refractivity contribution in [2.45, 2.75) is 32.7 Å². The van der Waals surface area contributed by atoms with Crippen molar-refractivity contribution >= 4 is 11.8 Å². The summed E-state index contributed by atoms with van der Waals surface area (Å²) in [7, 11) is 0. The van der Waals surface area contributed by atoms with E-state index in [4.69, 9.17) is 5.26 Å². The van der Waals surface area contributed by atoms with E-state index in [2.05, 4.69) is 26.8 Å².